The number of rotatable bonds is 4. The van der Waals surface area contributed by atoms with E-state index in [1.54, 1.807) is 60.7 Å². The average Bonchev–Trinajstić information content (AvgIpc) is 2.46. The van der Waals surface area contributed by atoms with E-state index in [2.05, 4.69) is 0 Å². The van der Waals surface area contributed by atoms with Gasteiger partial charge in [0.25, 0.3) is 0 Å². The largest absolute Gasteiger partial charge is 0.390 e. The molecule has 1 nitrogen and oxygen atoms in total. The zero-order valence-corrected chi connectivity index (χ0v) is 11.5. The molecule has 0 aliphatic carbocycles. The van der Waals surface area contributed by atoms with Crippen molar-refractivity contribution in [3.05, 3.63) is 71.8 Å². The summed E-state index contributed by atoms with van der Waals surface area (Å²) in [6.45, 7) is 1.35. The first-order valence-electron chi connectivity index (χ1n) is 6.55. The fourth-order valence-electron chi connectivity index (χ4n) is 2.43. The molecule has 0 aliphatic rings. The third kappa shape index (κ3) is 3.51. The van der Waals surface area contributed by atoms with Crippen molar-refractivity contribution in [2.45, 2.75) is 24.9 Å². The number of Topliss-reactive ketones (excluding diaryl/α,β-unsaturated/α-hetero) is 1. The molecule has 0 aromatic heterocycles. The number of ketones is 1. The molecule has 0 fully saturated rings. The number of hydrogen-bond acceptors (Lipinski definition) is 1. The number of benzene rings is 2. The lowest BCUT2D eigenvalue weighted by molar-refractivity contribution is -0.143. The fourth-order valence-corrected chi connectivity index (χ4v) is 2.43. The summed E-state index contributed by atoms with van der Waals surface area (Å²) in [5, 5.41) is 0. The molecule has 0 saturated carbocycles. The molecule has 2 aromatic carbocycles. The zero-order chi connectivity index (χ0) is 15.5. The lowest BCUT2D eigenvalue weighted by Gasteiger charge is -2.29. The second-order valence-corrected chi connectivity index (χ2v) is 5.19. The minimum absolute atomic E-state index is 0.285. The zero-order valence-electron chi connectivity index (χ0n) is 11.5. The molecular formula is C17H15F3O. The third-order valence-corrected chi connectivity index (χ3v) is 3.50. The predicted molar refractivity (Wildman–Crippen MR) is 75.2 cm³/mol. The molecule has 2 rings (SSSR count). The monoisotopic (exact) mass is 292 g/mol. The van der Waals surface area contributed by atoms with E-state index < -0.39 is 23.8 Å². The molecule has 0 heterocycles. The quantitative estimate of drug-likeness (QED) is 0.741. The summed E-state index contributed by atoms with van der Waals surface area (Å²) >= 11 is 0. The van der Waals surface area contributed by atoms with Crippen LogP contribution in [-0.2, 0) is 5.41 Å². The van der Waals surface area contributed by atoms with Crippen LogP contribution in [0.25, 0.3) is 0 Å². The summed E-state index contributed by atoms with van der Waals surface area (Å²) in [4.78, 5) is 12.6. The highest BCUT2D eigenvalue weighted by molar-refractivity contribution is 6.03. The van der Waals surface area contributed by atoms with Gasteiger partial charge >= 0.3 is 6.18 Å². The normalized spacial score (nSPS) is 14.5. The maximum atomic E-state index is 13.0. The maximum absolute atomic E-state index is 13.0. The molecule has 0 spiro atoms. The maximum Gasteiger partial charge on any atom is 0.390 e. The second-order valence-electron chi connectivity index (χ2n) is 5.19. The van der Waals surface area contributed by atoms with Gasteiger partial charge in [0.15, 0.2) is 5.78 Å². The Morgan fingerprint density at radius 1 is 0.905 bits per heavy atom. The molecule has 21 heavy (non-hydrogen) atoms. The van der Waals surface area contributed by atoms with Crippen LogP contribution in [0.1, 0.15) is 29.3 Å². The van der Waals surface area contributed by atoms with Crippen LogP contribution in [0.4, 0.5) is 13.2 Å². The molecule has 0 unspecified atom stereocenters. The summed E-state index contributed by atoms with van der Waals surface area (Å²) in [5.41, 5.74) is -0.967. The van der Waals surface area contributed by atoms with Crippen molar-refractivity contribution < 1.29 is 18.0 Å². The van der Waals surface area contributed by atoms with Gasteiger partial charge in [-0.05, 0) is 12.5 Å². The Morgan fingerprint density at radius 3 is 1.86 bits per heavy atom. The van der Waals surface area contributed by atoms with Gasteiger partial charge in [0.2, 0.25) is 0 Å². The number of carbonyl (C=O) groups excluding carboxylic acids is 1. The van der Waals surface area contributed by atoms with Crippen molar-refractivity contribution in [2.24, 2.45) is 0 Å². The van der Waals surface area contributed by atoms with Crippen molar-refractivity contribution in [3.63, 3.8) is 0 Å². The van der Waals surface area contributed by atoms with Gasteiger partial charge in [-0.2, -0.15) is 13.2 Å². The van der Waals surface area contributed by atoms with Crippen LogP contribution < -0.4 is 0 Å². The van der Waals surface area contributed by atoms with Crippen molar-refractivity contribution in [1.82, 2.24) is 0 Å². The number of alkyl halides is 3. The van der Waals surface area contributed by atoms with E-state index in [0.717, 1.165) is 0 Å². The Morgan fingerprint density at radius 2 is 1.38 bits per heavy atom. The third-order valence-electron chi connectivity index (χ3n) is 3.50. The van der Waals surface area contributed by atoms with Gasteiger partial charge in [-0.3, -0.25) is 4.79 Å². The highest BCUT2D eigenvalue weighted by atomic mass is 19.4. The minimum Gasteiger partial charge on any atom is -0.293 e. The molecule has 0 radical (unpaired) electrons. The Kier molecular flexibility index (Phi) is 4.16. The first-order chi connectivity index (χ1) is 9.83. The first-order valence-corrected chi connectivity index (χ1v) is 6.55. The predicted octanol–water partition coefficient (Wildman–Crippen LogP) is 4.78. The van der Waals surface area contributed by atoms with Crippen molar-refractivity contribution in [1.29, 1.82) is 0 Å². The summed E-state index contributed by atoms with van der Waals surface area (Å²) in [5.74, 6) is -0.522. The topological polar surface area (TPSA) is 17.1 Å². The van der Waals surface area contributed by atoms with Crippen LogP contribution in [0.3, 0.4) is 0 Å². The summed E-state index contributed by atoms with van der Waals surface area (Å²) in [6.07, 6.45) is -5.60. The Labute approximate surface area is 121 Å². The van der Waals surface area contributed by atoms with E-state index in [1.165, 1.54) is 6.92 Å². The SMILES string of the molecule is C[C@](CC(F)(F)F)(C(=O)c1ccccc1)c1ccccc1. The van der Waals surface area contributed by atoms with Gasteiger partial charge in [-0.25, -0.2) is 0 Å². The van der Waals surface area contributed by atoms with Gasteiger partial charge in [-0.15, -0.1) is 0 Å². The van der Waals surface area contributed by atoms with Crippen molar-refractivity contribution in [2.75, 3.05) is 0 Å². The smallest absolute Gasteiger partial charge is 0.293 e. The lowest BCUT2D eigenvalue weighted by atomic mass is 9.73. The standard InChI is InChI=1S/C17H15F3O/c1-16(12-17(18,19)20,14-10-6-3-7-11-14)15(21)13-8-4-2-5-9-13/h2-11H,12H2,1H3/t16-/m1/s1. The van der Waals surface area contributed by atoms with E-state index >= 15 is 0 Å². The van der Waals surface area contributed by atoms with Crippen LogP contribution in [0.5, 0.6) is 0 Å². The Bertz CT molecular complexity index is 605. The summed E-state index contributed by atoms with van der Waals surface area (Å²) in [7, 11) is 0. The van der Waals surface area contributed by atoms with E-state index in [4.69, 9.17) is 0 Å². The van der Waals surface area contributed by atoms with E-state index in [9.17, 15) is 18.0 Å². The summed E-state index contributed by atoms with van der Waals surface area (Å²) in [6, 6.07) is 16.2. The lowest BCUT2D eigenvalue weighted by Crippen LogP contribution is -2.37. The molecule has 1 atom stereocenters. The molecule has 0 saturated heterocycles. The van der Waals surface area contributed by atoms with E-state index in [-0.39, 0.29) is 5.56 Å². The molecule has 4 heteroatoms. The average molecular weight is 292 g/mol. The highest BCUT2D eigenvalue weighted by Gasteiger charge is 2.45. The molecule has 0 amide bonds. The van der Waals surface area contributed by atoms with Gasteiger partial charge in [0, 0.05) is 5.56 Å². The van der Waals surface area contributed by atoms with E-state index in [1.807, 2.05) is 0 Å². The molecule has 0 N–H and O–H groups in total. The molecule has 0 bridgehead atoms. The van der Waals surface area contributed by atoms with Gasteiger partial charge in [-0.1, -0.05) is 60.7 Å². The molecule has 0 aliphatic heterocycles. The fraction of sp³-hybridized carbons (Fsp3) is 0.235. The number of halogens is 3. The highest BCUT2D eigenvalue weighted by Crippen LogP contribution is 2.38. The van der Waals surface area contributed by atoms with Crippen LogP contribution in [0.2, 0.25) is 0 Å². The first kappa shape index (κ1) is 15.3. The van der Waals surface area contributed by atoms with E-state index in [0.29, 0.717) is 5.56 Å². The number of hydrogen-bond donors (Lipinski definition) is 0. The van der Waals surface area contributed by atoms with Gasteiger partial charge in [0.1, 0.15) is 0 Å². The van der Waals surface area contributed by atoms with Gasteiger partial charge < -0.3 is 0 Å². The van der Waals surface area contributed by atoms with Crippen LogP contribution in [0, 0.1) is 0 Å². The number of carbonyl (C=O) groups is 1. The molecule has 110 valence electrons. The van der Waals surface area contributed by atoms with Gasteiger partial charge in [0.05, 0.1) is 11.8 Å². The molecular weight excluding hydrogens is 277 g/mol. The van der Waals surface area contributed by atoms with Crippen LogP contribution in [0.15, 0.2) is 60.7 Å². The van der Waals surface area contributed by atoms with Crippen molar-refractivity contribution >= 4 is 5.78 Å². The van der Waals surface area contributed by atoms with Crippen molar-refractivity contribution in [3.8, 4) is 0 Å². The second kappa shape index (κ2) is 5.72. The Balaban J connectivity index is 2.49. The Hall–Kier alpha value is -2.10. The molecule has 2 aromatic rings. The van der Waals surface area contributed by atoms with Crippen LogP contribution >= 0.6 is 0 Å². The minimum atomic E-state index is -4.42. The van der Waals surface area contributed by atoms with Crippen LogP contribution in [-0.4, -0.2) is 12.0 Å². The summed E-state index contributed by atoms with van der Waals surface area (Å²) < 4.78 is 38.9.